The van der Waals surface area contributed by atoms with E-state index in [9.17, 15) is 4.79 Å². The minimum Gasteiger partial charge on any atom is -0.355 e. The van der Waals surface area contributed by atoms with E-state index in [-0.39, 0.29) is 0 Å². The topological polar surface area (TPSA) is 63.9 Å². The van der Waals surface area contributed by atoms with Crippen molar-refractivity contribution in [3.8, 4) is 0 Å². The molecule has 0 radical (unpaired) electrons. The Balaban J connectivity index is 1.88. The van der Waals surface area contributed by atoms with Gasteiger partial charge in [-0.05, 0) is 18.6 Å². The Labute approximate surface area is 127 Å². The first-order chi connectivity index (χ1) is 10.3. The van der Waals surface area contributed by atoms with E-state index >= 15 is 0 Å². The summed E-state index contributed by atoms with van der Waals surface area (Å²) in [6.07, 6.45) is 4.27. The van der Waals surface area contributed by atoms with Crippen LogP contribution in [0.3, 0.4) is 0 Å². The van der Waals surface area contributed by atoms with E-state index in [0.717, 1.165) is 41.5 Å². The van der Waals surface area contributed by atoms with E-state index in [0.29, 0.717) is 18.5 Å². The molecule has 0 N–H and O–H groups in total. The third kappa shape index (κ3) is 3.24. The van der Waals surface area contributed by atoms with Crippen molar-refractivity contribution in [3.63, 3.8) is 0 Å². The van der Waals surface area contributed by atoms with Gasteiger partial charge in [-0.1, -0.05) is 5.21 Å². The standard InChI is InChI=1S/C14H17N5OS/c1-11-6-12(8-19-9-13(10-20)16-17-19)14(15-7-11)18-2-4-21-5-3-18/h6-7,9-10H,2-5,8H2,1H3. The molecule has 0 saturated carbocycles. The van der Waals surface area contributed by atoms with Crippen molar-refractivity contribution in [2.75, 3.05) is 29.5 Å². The van der Waals surface area contributed by atoms with Crippen molar-refractivity contribution in [2.24, 2.45) is 0 Å². The number of thioether (sulfide) groups is 1. The van der Waals surface area contributed by atoms with Gasteiger partial charge in [0.1, 0.15) is 11.5 Å². The Hall–Kier alpha value is -1.89. The zero-order chi connectivity index (χ0) is 14.7. The Morgan fingerprint density at radius 1 is 1.38 bits per heavy atom. The van der Waals surface area contributed by atoms with Crippen LogP contribution >= 0.6 is 11.8 Å². The van der Waals surface area contributed by atoms with E-state index in [1.165, 1.54) is 0 Å². The molecular formula is C14H17N5OS. The highest BCUT2D eigenvalue weighted by Crippen LogP contribution is 2.23. The van der Waals surface area contributed by atoms with Crippen LogP contribution in [0.5, 0.6) is 0 Å². The molecule has 3 heterocycles. The number of aryl methyl sites for hydroxylation is 1. The van der Waals surface area contributed by atoms with Crippen LogP contribution in [0.25, 0.3) is 0 Å². The van der Waals surface area contributed by atoms with Crippen molar-refractivity contribution >= 4 is 23.9 Å². The van der Waals surface area contributed by atoms with E-state index < -0.39 is 0 Å². The number of aromatic nitrogens is 4. The molecule has 2 aromatic rings. The highest BCUT2D eigenvalue weighted by molar-refractivity contribution is 7.99. The summed E-state index contributed by atoms with van der Waals surface area (Å²) >= 11 is 1.98. The summed E-state index contributed by atoms with van der Waals surface area (Å²) in [6.45, 7) is 4.65. The van der Waals surface area contributed by atoms with Crippen molar-refractivity contribution in [1.29, 1.82) is 0 Å². The molecule has 21 heavy (non-hydrogen) atoms. The minimum atomic E-state index is 0.353. The summed E-state index contributed by atoms with van der Waals surface area (Å²) in [5.74, 6) is 3.28. The van der Waals surface area contributed by atoms with Crippen molar-refractivity contribution in [1.82, 2.24) is 20.0 Å². The second-order valence-corrected chi connectivity index (χ2v) is 6.28. The number of anilines is 1. The predicted octanol–water partition coefficient (Wildman–Crippen LogP) is 1.40. The molecule has 110 valence electrons. The second-order valence-electron chi connectivity index (χ2n) is 5.05. The lowest BCUT2D eigenvalue weighted by atomic mass is 10.2. The molecule has 1 saturated heterocycles. The molecule has 7 heteroatoms. The van der Waals surface area contributed by atoms with Gasteiger partial charge in [-0.3, -0.25) is 4.79 Å². The number of nitrogens with zero attached hydrogens (tertiary/aromatic N) is 5. The van der Waals surface area contributed by atoms with Gasteiger partial charge in [-0.25, -0.2) is 9.67 Å². The molecule has 1 aliphatic heterocycles. The lowest BCUT2D eigenvalue weighted by molar-refractivity contribution is 0.111. The Morgan fingerprint density at radius 3 is 2.90 bits per heavy atom. The molecule has 0 unspecified atom stereocenters. The quantitative estimate of drug-likeness (QED) is 0.796. The first kappa shape index (κ1) is 14.1. The maximum atomic E-state index is 10.7. The lowest BCUT2D eigenvalue weighted by Gasteiger charge is -2.29. The average Bonchev–Trinajstić information content (AvgIpc) is 2.96. The Morgan fingerprint density at radius 2 is 2.19 bits per heavy atom. The van der Waals surface area contributed by atoms with E-state index in [1.807, 2.05) is 24.9 Å². The van der Waals surface area contributed by atoms with Gasteiger partial charge in [0.2, 0.25) is 0 Å². The molecule has 0 aromatic carbocycles. The summed E-state index contributed by atoms with van der Waals surface area (Å²) in [6, 6.07) is 2.13. The van der Waals surface area contributed by atoms with Crippen LogP contribution in [0.4, 0.5) is 5.82 Å². The van der Waals surface area contributed by atoms with Gasteiger partial charge in [-0.15, -0.1) is 5.10 Å². The largest absolute Gasteiger partial charge is 0.355 e. The molecule has 0 spiro atoms. The lowest BCUT2D eigenvalue weighted by Crippen LogP contribution is -2.34. The number of rotatable bonds is 4. The minimum absolute atomic E-state index is 0.353. The Kier molecular flexibility index (Phi) is 4.19. The van der Waals surface area contributed by atoms with Crippen LogP contribution in [0, 0.1) is 6.92 Å². The summed E-state index contributed by atoms with van der Waals surface area (Å²) < 4.78 is 1.68. The van der Waals surface area contributed by atoms with Gasteiger partial charge >= 0.3 is 0 Å². The van der Waals surface area contributed by atoms with Gasteiger partial charge in [0, 0.05) is 36.4 Å². The molecule has 0 aliphatic carbocycles. The monoisotopic (exact) mass is 303 g/mol. The summed E-state index contributed by atoms with van der Waals surface area (Å²) in [5.41, 5.74) is 2.59. The number of pyridine rings is 1. The number of carbonyl (C=O) groups excluding carboxylic acids is 1. The third-order valence-electron chi connectivity index (χ3n) is 3.40. The number of hydrogen-bond donors (Lipinski definition) is 0. The molecule has 0 amide bonds. The number of carbonyl (C=O) groups is 1. The maximum Gasteiger partial charge on any atom is 0.171 e. The highest BCUT2D eigenvalue weighted by atomic mass is 32.2. The first-order valence-corrected chi connectivity index (χ1v) is 8.05. The molecule has 1 aliphatic rings. The summed E-state index contributed by atoms with van der Waals surface area (Å²) in [5, 5.41) is 7.79. The fourth-order valence-electron chi connectivity index (χ4n) is 2.42. The molecule has 0 bridgehead atoms. The van der Waals surface area contributed by atoms with E-state index in [4.69, 9.17) is 0 Å². The summed E-state index contributed by atoms with van der Waals surface area (Å²) in [7, 11) is 0. The van der Waals surface area contributed by atoms with Gasteiger partial charge in [0.15, 0.2) is 6.29 Å². The first-order valence-electron chi connectivity index (χ1n) is 6.90. The zero-order valence-corrected chi connectivity index (χ0v) is 12.7. The molecule has 2 aromatic heterocycles. The fraction of sp³-hybridized carbons (Fsp3) is 0.429. The maximum absolute atomic E-state index is 10.7. The van der Waals surface area contributed by atoms with Crippen LogP contribution in [-0.2, 0) is 6.54 Å². The molecule has 0 atom stereocenters. The molecule has 3 rings (SSSR count). The number of aldehydes is 1. The average molecular weight is 303 g/mol. The zero-order valence-electron chi connectivity index (χ0n) is 11.9. The van der Waals surface area contributed by atoms with Gasteiger partial charge in [-0.2, -0.15) is 11.8 Å². The normalized spacial score (nSPS) is 15.2. The SMILES string of the molecule is Cc1cnc(N2CCSCC2)c(Cn2cc(C=O)nn2)c1. The van der Waals surface area contributed by atoms with E-state index in [1.54, 1.807) is 10.9 Å². The smallest absolute Gasteiger partial charge is 0.171 e. The van der Waals surface area contributed by atoms with Gasteiger partial charge in [0.25, 0.3) is 0 Å². The molecule has 1 fully saturated rings. The van der Waals surface area contributed by atoms with Crippen LogP contribution < -0.4 is 4.90 Å². The van der Waals surface area contributed by atoms with Crippen LogP contribution in [0.2, 0.25) is 0 Å². The fourth-order valence-corrected chi connectivity index (χ4v) is 3.32. The van der Waals surface area contributed by atoms with Crippen LogP contribution in [0.15, 0.2) is 18.5 Å². The third-order valence-corrected chi connectivity index (χ3v) is 4.34. The van der Waals surface area contributed by atoms with Crippen LogP contribution in [-0.4, -0.2) is 50.9 Å². The van der Waals surface area contributed by atoms with Crippen molar-refractivity contribution in [2.45, 2.75) is 13.5 Å². The van der Waals surface area contributed by atoms with Crippen LogP contribution in [0.1, 0.15) is 21.6 Å². The van der Waals surface area contributed by atoms with Crippen molar-refractivity contribution in [3.05, 3.63) is 35.3 Å². The van der Waals surface area contributed by atoms with E-state index in [2.05, 4.69) is 26.3 Å². The predicted molar refractivity (Wildman–Crippen MR) is 83.0 cm³/mol. The van der Waals surface area contributed by atoms with Gasteiger partial charge < -0.3 is 4.90 Å². The summed E-state index contributed by atoms with van der Waals surface area (Å²) in [4.78, 5) is 17.6. The molecular weight excluding hydrogens is 286 g/mol. The van der Waals surface area contributed by atoms with Crippen molar-refractivity contribution < 1.29 is 4.79 Å². The highest BCUT2D eigenvalue weighted by Gasteiger charge is 2.16. The molecule has 6 nitrogen and oxygen atoms in total. The second kappa shape index (κ2) is 6.26. The Bertz CT molecular complexity index is 636. The van der Waals surface area contributed by atoms with Gasteiger partial charge in [0.05, 0.1) is 12.7 Å². The number of hydrogen-bond acceptors (Lipinski definition) is 6.